The van der Waals surface area contributed by atoms with Gasteiger partial charge in [-0.15, -0.1) is 0 Å². The van der Waals surface area contributed by atoms with Crippen LogP contribution >= 0.6 is 0 Å². The Morgan fingerprint density at radius 3 is 2.20 bits per heavy atom. The molecule has 138 valence electrons. The molecule has 1 aromatic rings. The molecule has 25 heavy (non-hydrogen) atoms. The predicted molar refractivity (Wildman–Crippen MR) is 103 cm³/mol. The largest absolute Gasteiger partial charge is 0.354 e. The van der Waals surface area contributed by atoms with Gasteiger partial charge >= 0.3 is 0 Å². The van der Waals surface area contributed by atoms with Gasteiger partial charge in [0, 0.05) is 31.6 Å². The Kier molecular flexibility index (Phi) is 6.63. The summed E-state index contributed by atoms with van der Waals surface area (Å²) in [6.07, 6.45) is 5.54. The average molecular weight is 344 g/mol. The summed E-state index contributed by atoms with van der Waals surface area (Å²) in [5.74, 6) is 0.298. The van der Waals surface area contributed by atoms with Gasteiger partial charge in [0.2, 0.25) is 11.8 Å². The number of carbonyl (C=O) groups is 2. The van der Waals surface area contributed by atoms with Crippen molar-refractivity contribution in [3.05, 3.63) is 29.8 Å². The topological polar surface area (TPSA) is 49.4 Å². The molecule has 1 aliphatic rings. The van der Waals surface area contributed by atoms with Gasteiger partial charge in [-0.3, -0.25) is 9.59 Å². The van der Waals surface area contributed by atoms with Crippen LogP contribution in [0.4, 0.5) is 5.69 Å². The van der Waals surface area contributed by atoms with Crippen LogP contribution in [-0.4, -0.2) is 24.9 Å². The van der Waals surface area contributed by atoms with Gasteiger partial charge in [-0.25, -0.2) is 0 Å². The lowest BCUT2D eigenvalue weighted by molar-refractivity contribution is -0.126. The first kappa shape index (κ1) is 19.5. The third kappa shape index (κ3) is 5.58. The van der Waals surface area contributed by atoms with E-state index < -0.39 is 0 Å². The first-order chi connectivity index (χ1) is 11.8. The lowest BCUT2D eigenvalue weighted by atomic mass is 9.87. The second-order valence-corrected chi connectivity index (χ2v) is 8.09. The fraction of sp³-hybridized carbons (Fsp3) is 0.619. The number of carbonyl (C=O) groups excluding carboxylic acids is 2. The summed E-state index contributed by atoms with van der Waals surface area (Å²) in [6, 6.07) is 8.13. The molecule has 0 atom stereocenters. The quantitative estimate of drug-likeness (QED) is 0.876. The molecule has 0 radical (unpaired) electrons. The van der Waals surface area contributed by atoms with Gasteiger partial charge in [0.05, 0.1) is 0 Å². The zero-order valence-corrected chi connectivity index (χ0v) is 16.1. The Balaban J connectivity index is 1.92. The van der Waals surface area contributed by atoms with Gasteiger partial charge in [-0.2, -0.15) is 0 Å². The molecule has 1 saturated carbocycles. The molecule has 2 amide bonds. The Hall–Kier alpha value is -1.84. The maximum absolute atomic E-state index is 12.2. The fourth-order valence-corrected chi connectivity index (χ4v) is 3.41. The van der Waals surface area contributed by atoms with E-state index in [0.29, 0.717) is 13.1 Å². The Labute approximate surface area is 152 Å². The SMILES string of the molecule is CC(=O)N(CCNC(=O)C1CCCCC1)c1ccc(C(C)(C)C)cc1. The molecule has 1 aromatic carbocycles. The molecule has 0 saturated heterocycles. The van der Waals surface area contributed by atoms with Crippen molar-refractivity contribution in [1.29, 1.82) is 0 Å². The molecule has 1 aliphatic carbocycles. The van der Waals surface area contributed by atoms with Crippen LogP contribution in [0.5, 0.6) is 0 Å². The third-order valence-electron chi connectivity index (χ3n) is 5.04. The van der Waals surface area contributed by atoms with E-state index in [9.17, 15) is 9.59 Å². The molecule has 4 nitrogen and oxygen atoms in total. The third-order valence-corrected chi connectivity index (χ3v) is 5.04. The van der Waals surface area contributed by atoms with E-state index in [0.717, 1.165) is 31.4 Å². The van der Waals surface area contributed by atoms with Gasteiger partial charge in [0.1, 0.15) is 0 Å². The second-order valence-electron chi connectivity index (χ2n) is 8.09. The number of nitrogens with zero attached hydrogens (tertiary/aromatic N) is 1. The van der Waals surface area contributed by atoms with Crippen LogP contribution in [0, 0.1) is 5.92 Å². The van der Waals surface area contributed by atoms with Crippen LogP contribution in [-0.2, 0) is 15.0 Å². The first-order valence-corrected chi connectivity index (χ1v) is 9.45. The highest BCUT2D eigenvalue weighted by atomic mass is 16.2. The van der Waals surface area contributed by atoms with Crippen LogP contribution in [0.2, 0.25) is 0 Å². The minimum atomic E-state index is -0.00424. The van der Waals surface area contributed by atoms with Crippen LogP contribution in [0.1, 0.15) is 65.4 Å². The molecule has 0 spiro atoms. The van der Waals surface area contributed by atoms with Crippen molar-refractivity contribution in [3.63, 3.8) is 0 Å². The molecule has 0 unspecified atom stereocenters. The summed E-state index contributed by atoms with van der Waals surface area (Å²) in [5, 5.41) is 3.01. The summed E-state index contributed by atoms with van der Waals surface area (Å²) in [5.41, 5.74) is 2.21. The van der Waals surface area contributed by atoms with Gasteiger partial charge in [0.15, 0.2) is 0 Å². The molecule has 1 fully saturated rings. The van der Waals surface area contributed by atoms with E-state index in [1.54, 1.807) is 11.8 Å². The van der Waals surface area contributed by atoms with Crippen LogP contribution < -0.4 is 10.2 Å². The van der Waals surface area contributed by atoms with E-state index in [-0.39, 0.29) is 23.1 Å². The van der Waals surface area contributed by atoms with E-state index in [1.807, 2.05) is 12.1 Å². The number of nitrogens with one attached hydrogen (secondary N) is 1. The molecule has 1 N–H and O–H groups in total. The zero-order valence-electron chi connectivity index (χ0n) is 16.1. The minimum absolute atomic E-state index is 0.00424. The van der Waals surface area contributed by atoms with E-state index in [1.165, 1.54) is 12.0 Å². The lowest BCUT2D eigenvalue weighted by Crippen LogP contribution is -2.40. The fourth-order valence-electron chi connectivity index (χ4n) is 3.41. The highest BCUT2D eigenvalue weighted by Gasteiger charge is 2.21. The van der Waals surface area contributed by atoms with Gasteiger partial charge in [-0.05, 0) is 36.0 Å². The van der Waals surface area contributed by atoms with Crippen molar-refractivity contribution in [2.45, 2.75) is 65.2 Å². The lowest BCUT2D eigenvalue weighted by Gasteiger charge is -2.25. The number of amides is 2. The molecule has 0 heterocycles. The maximum atomic E-state index is 12.2. The standard InChI is InChI=1S/C21H32N2O2/c1-16(24)23(19-12-10-18(11-13-19)21(2,3)4)15-14-22-20(25)17-8-6-5-7-9-17/h10-13,17H,5-9,14-15H2,1-4H3,(H,22,25). The number of anilines is 1. The second kappa shape index (κ2) is 8.50. The molecule has 2 rings (SSSR count). The summed E-state index contributed by atoms with van der Waals surface area (Å²) in [6.45, 7) is 9.09. The van der Waals surface area contributed by atoms with Gasteiger partial charge < -0.3 is 10.2 Å². The van der Waals surface area contributed by atoms with E-state index >= 15 is 0 Å². The normalized spacial score (nSPS) is 15.7. The number of rotatable bonds is 5. The van der Waals surface area contributed by atoms with E-state index in [2.05, 4.69) is 38.2 Å². The maximum Gasteiger partial charge on any atom is 0.223 e. The van der Waals surface area contributed by atoms with Crippen molar-refractivity contribution < 1.29 is 9.59 Å². The average Bonchev–Trinajstić information content (AvgIpc) is 2.58. The highest BCUT2D eigenvalue weighted by molar-refractivity contribution is 5.91. The highest BCUT2D eigenvalue weighted by Crippen LogP contribution is 2.25. The number of benzene rings is 1. The van der Waals surface area contributed by atoms with Crippen molar-refractivity contribution in [1.82, 2.24) is 5.32 Å². The molecule has 4 heteroatoms. The predicted octanol–water partition coefficient (Wildman–Crippen LogP) is 4.03. The van der Waals surface area contributed by atoms with Crippen LogP contribution in [0.15, 0.2) is 24.3 Å². The number of hydrogen-bond donors (Lipinski definition) is 1. The van der Waals surface area contributed by atoms with Crippen LogP contribution in [0.3, 0.4) is 0 Å². The zero-order chi connectivity index (χ0) is 18.4. The Morgan fingerprint density at radius 1 is 1.08 bits per heavy atom. The first-order valence-electron chi connectivity index (χ1n) is 9.45. The smallest absolute Gasteiger partial charge is 0.223 e. The molecule has 0 aliphatic heterocycles. The van der Waals surface area contributed by atoms with Crippen molar-refractivity contribution in [2.75, 3.05) is 18.0 Å². The molecule has 0 bridgehead atoms. The summed E-state index contributed by atoms with van der Waals surface area (Å²) >= 11 is 0. The van der Waals surface area contributed by atoms with Crippen molar-refractivity contribution >= 4 is 17.5 Å². The number of hydrogen-bond acceptors (Lipinski definition) is 2. The van der Waals surface area contributed by atoms with Crippen molar-refractivity contribution in [2.24, 2.45) is 5.92 Å². The molecular formula is C21H32N2O2. The van der Waals surface area contributed by atoms with Gasteiger partial charge in [-0.1, -0.05) is 52.2 Å². The summed E-state index contributed by atoms with van der Waals surface area (Å²) in [4.78, 5) is 26.0. The Morgan fingerprint density at radius 2 is 1.68 bits per heavy atom. The molecular weight excluding hydrogens is 312 g/mol. The van der Waals surface area contributed by atoms with Crippen LogP contribution in [0.25, 0.3) is 0 Å². The minimum Gasteiger partial charge on any atom is -0.354 e. The molecule has 0 aromatic heterocycles. The summed E-state index contributed by atoms with van der Waals surface area (Å²) in [7, 11) is 0. The Bertz CT molecular complexity index is 581. The monoisotopic (exact) mass is 344 g/mol. The van der Waals surface area contributed by atoms with Gasteiger partial charge in [0.25, 0.3) is 0 Å². The van der Waals surface area contributed by atoms with E-state index in [4.69, 9.17) is 0 Å². The summed E-state index contributed by atoms with van der Waals surface area (Å²) < 4.78 is 0. The van der Waals surface area contributed by atoms with Crippen molar-refractivity contribution in [3.8, 4) is 0 Å².